The third kappa shape index (κ3) is 4.97. The predicted molar refractivity (Wildman–Crippen MR) is 44.8 cm³/mol. The molecule has 0 heterocycles. The van der Waals surface area contributed by atoms with E-state index in [0.29, 0.717) is 0 Å². The van der Waals surface area contributed by atoms with Gasteiger partial charge < -0.3 is 0 Å². The van der Waals surface area contributed by atoms with Gasteiger partial charge in [0.25, 0.3) is 0 Å². The monoisotopic (exact) mass is 132 g/mol. The summed E-state index contributed by atoms with van der Waals surface area (Å²) in [5.74, 6) is 0. The third-order valence-electron chi connectivity index (χ3n) is 0.957. The average Bonchev–Trinajstić information content (AvgIpc) is 1.98. The van der Waals surface area contributed by atoms with Gasteiger partial charge in [-0.1, -0.05) is 25.0 Å². The van der Waals surface area contributed by atoms with Crippen LogP contribution in [0.25, 0.3) is 0 Å². The summed E-state index contributed by atoms with van der Waals surface area (Å²) in [5.41, 5.74) is 9.47. The van der Waals surface area contributed by atoms with Crippen LogP contribution in [0.3, 0.4) is 0 Å². The minimum Gasteiger partial charge on any atom is -0.125 e. The molecular weight excluding hydrogens is 120 g/mol. The first kappa shape index (κ1) is 8.82. The van der Waals surface area contributed by atoms with Crippen molar-refractivity contribution in [1.29, 1.82) is 0 Å². The number of allylic oxidation sites excluding steroid dienone is 3. The molecule has 0 heteroatoms. The standard InChI is InChI=1S/C10H12/c1-4-6-7-8-9-10(3)5-2/h6,9H,2,4H2,1,3H3. The van der Waals surface area contributed by atoms with E-state index in [9.17, 15) is 0 Å². The van der Waals surface area contributed by atoms with Gasteiger partial charge in [-0.2, -0.15) is 0 Å². The van der Waals surface area contributed by atoms with Crippen LogP contribution in [0.4, 0.5) is 0 Å². The second kappa shape index (κ2) is 5.95. The summed E-state index contributed by atoms with van der Waals surface area (Å²) < 4.78 is 0. The Kier molecular flexibility index (Phi) is 5.25. The van der Waals surface area contributed by atoms with Crippen LogP contribution in [0.15, 0.2) is 41.5 Å². The van der Waals surface area contributed by atoms with Crippen molar-refractivity contribution in [2.24, 2.45) is 0 Å². The van der Waals surface area contributed by atoms with Gasteiger partial charge in [0, 0.05) is 0 Å². The van der Waals surface area contributed by atoms with Crippen molar-refractivity contribution >= 4 is 0 Å². The van der Waals surface area contributed by atoms with Crippen molar-refractivity contribution in [3.8, 4) is 0 Å². The lowest BCUT2D eigenvalue weighted by molar-refractivity contribution is 1.23. The number of hydrogen-bond acceptors (Lipinski definition) is 0. The topological polar surface area (TPSA) is 0 Å². The number of rotatable bonds is 2. The smallest absolute Gasteiger partial charge is 0.000907 e. The molecule has 0 spiro atoms. The average molecular weight is 132 g/mol. The maximum atomic E-state index is 3.49. The Morgan fingerprint density at radius 1 is 1.50 bits per heavy atom. The molecule has 10 heavy (non-hydrogen) atoms. The van der Waals surface area contributed by atoms with Crippen LogP contribution in [0.1, 0.15) is 20.3 Å². The molecule has 0 N–H and O–H groups in total. The largest absolute Gasteiger partial charge is 0.125 e. The summed E-state index contributed by atoms with van der Waals surface area (Å²) in [6, 6.07) is 0. The maximum Gasteiger partial charge on any atom is -0.000907 e. The Hall–Kier alpha value is -1.18. The van der Waals surface area contributed by atoms with Gasteiger partial charge in [-0.25, -0.2) is 0 Å². The van der Waals surface area contributed by atoms with E-state index in [0.717, 1.165) is 12.0 Å². The summed E-state index contributed by atoms with van der Waals surface area (Å²) in [7, 11) is 0. The fourth-order valence-corrected chi connectivity index (χ4v) is 0.362. The molecule has 0 aliphatic rings. The summed E-state index contributed by atoms with van der Waals surface area (Å²) in [4.78, 5) is 0. The molecule has 0 amide bonds. The fourth-order valence-electron chi connectivity index (χ4n) is 0.362. The van der Waals surface area contributed by atoms with Gasteiger partial charge in [0.2, 0.25) is 0 Å². The highest BCUT2D eigenvalue weighted by Crippen LogP contribution is 1.86. The summed E-state index contributed by atoms with van der Waals surface area (Å²) in [6.45, 7) is 7.47. The second-order valence-electron chi connectivity index (χ2n) is 1.91. The van der Waals surface area contributed by atoms with Crippen molar-refractivity contribution in [2.75, 3.05) is 0 Å². The molecular formula is C10H12. The minimum atomic E-state index is 0.983. The Morgan fingerprint density at radius 2 is 2.20 bits per heavy atom. The second-order valence-corrected chi connectivity index (χ2v) is 1.91. The molecule has 0 bridgehead atoms. The molecule has 0 rings (SSSR count). The SMILES string of the molecule is C=C=C(C)C=C=C=CCC. The zero-order valence-electron chi connectivity index (χ0n) is 6.57. The highest BCUT2D eigenvalue weighted by molar-refractivity contribution is 5.13. The van der Waals surface area contributed by atoms with Gasteiger partial charge in [0.15, 0.2) is 0 Å². The fraction of sp³-hybridized carbons (Fsp3) is 0.300. The van der Waals surface area contributed by atoms with E-state index < -0.39 is 0 Å². The molecule has 52 valence electrons. The Balaban J connectivity index is 4.25. The van der Waals surface area contributed by atoms with Gasteiger partial charge in [-0.05, 0) is 31.1 Å². The van der Waals surface area contributed by atoms with Gasteiger partial charge in [-0.15, -0.1) is 5.73 Å². The van der Waals surface area contributed by atoms with E-state index in [-0.39, 0.29) is 0 Å². The van der Waals surface area contributed by atoms with Crippen molar-refractivity contribution in [3.63, 3.8) is 0 Å². The first-order valence-corrected chi connectivity index (χ1v) is 3.33. The van der Waals surface area contributed by atoms with Gasteiger partial charge in [-0.3, -0.25) is 0 Å². The van der Waals surface area contributed by atoms with E-state index in [2.05, 4.69) is 30.7 Å². The van der Waals surface area contributed by atoms with Crippen LogP contribution in [0, 0.1) is 0 Å². The van der Waals surface area contributed by atoms with Crippen LogP contribution in [0.2, 0.25) is 0 Å². The first-order chi connectivity index (χ1) is 4.81. The molecule has 0 aliphatic heterocycles. The molecule has 0 saturated heterocycles. The van der Waals surface area contributed by atoms with Gasteiger partial charge >= 0.3 is 0 Å². The molecule has 0 radical (unpaired) electrons. The van der Waals surface area contributed by atoms with E-state index in [1.165, 1.54) is 0 Å². The number of hydrogen-bond donors (Lipinski definition) is 0. The van der Waals surface area contributed by atoms with E-state index in [4.69, 9.17) is 0 Å². The highest BCUT2D eigenvalue weighted by Gasteiger charge is 1.68. The first-order valence-electron chi connectivity index (χ1n) is 3.33. The van der Waals surface area contributed by atoms with Crippen LogP contribution < -0.4 is 0 Å². The molecule has 0 unspecified atom stereocenters. The molecule has 0 fully saturated rings. The lowest BCUT2D eigenvalue weighted by Gasteiger charge is -1.73. The quantitative estimate of drug-likeness (QED) is 0.400. The Labute approximate surface area is 62.6 Å². The molecule has 0 aromatic rings. The van der Waals surface area contributed by atoms with Crippen molar-refractivity contribution in [1.82, 2.24) is 0 Å². The Morgan fingerprint density at radius 3 is 2.70 bits per heavy atom. The summed E-state index contributed by atoms with van der Waals surface area (Å²) in [6.07, 6.45) is 4.73. The van der Waals surface area contributed by atoms with E-state index in [1.54, 1.807) is 6.08 Å². The molecule has 0 aliphatic carbocycles. The molecule has 0 atom stereocenters. The zero-order valence-corrected chi connectivity index (χ0v) is 6.57. The summed E-state index contributed by atoms with van der Waals surface area (Å²) in [5, 5.41) is 0. The Bertz CT molecular complexity index is 225. The zero-order chi connectivity index (χ0) is 7.82. The van der Waals surface area contributed by atoms with Crippen LogP contribution >= 0.6 is 0 Å². The third-order valence-corrected chi connectivity index (χ3v) is 0.957. The van der Waals surface area contributed by atoms with Crippen molar-refractivity contribution in [2.45, 2.75) is 20.3 Å². The maximum absolute atomic E-state index is 3.49. The van der Waals surface area contributed by atoms with Crippen LogP contribution in [0.5, 0.6) is 0 Å². The molecule has 0 nitrogen and oxygen atoms in total. The van der Waals surface area contributed by atoms with Crippen LogP contribution in [-0.2, 0) is 0 Å². The summed E-state index contributed by atoms with van der Waals surface area (Å²) >= 11 is 0. The van der Waals surface area contributed by atoms with Gasteiger partial charge in [0.1, 0.15) is 0 Å². The highest BCUT2D eigenvalue weighted by atomic mass is 13.7. The normalized spacial score (nSPS) is 6.60. The van der Waals surface area contributed by atoms with Crippen molar-refractivity contribution in [3.05, 3.63) is 41.5 Å². The minimum absolute atomic E-state index is 0.983. The molecule has 0 aromatic carbocycles. The van der Waals surface area contributed by atoms with Crippen LogP contribution in [-0.4, -0.2) is 0 Å². The molecule has 0 saturated carbocycles. The van der Waals surface area contributed by atoms with Crippen molar-refractivity contribution < 1.29 is 0 Å². The molecule has 0 aromatic heterocycles. The lowest BCUT2D eigenvalue weighted by Crippen LogP contribution is -1.55. The predicted octanol–water partition coefficient (Wildman–Crippen LogP) is 2.99. The lowest BCUT2D eigenvalue weighted by atomic mass is 10.3. The van der Waals surface area contributed by atoms with E-state index in [1.807, 2.05) is 13.0 Å². The van der Waals surface area contributed by atoms with E-state index >= 15 is 0 Å². The van der Waals surface area contributed by atoms with Gasteiger partial charge in [0.05, 0.1) is 0 Å².